The highest BCUT2D eigenvalue weighted by Crippen LogP contribution is 2.40. The molecular weight excluding hydrogens is 482 g/mol. The molecule has 0 saturated carbocycles. The number of benzene rings is 4. The van der Waals surface area contributed by atoms with Crippen LogP contribution in [0.4, 0.5) is 0 Å². The van der Waals surface area contributed by atoms with E-state index >= 15 is 0 Å². The largest absolute Gasteiger partial charge is 0.495 e. The minimum atomic E-state index is -0.765. The highest BCUT2D eigenvalue weighted by atomic mass is 31.1. The Kier molecular flexibility index (Phi) is 7.16. The lowest BCUT2D eigenvalue weighted by Gasteiger charge is -2.32. The fourth-order valence-corrected chi connectivity index (χ4v) is 7.38. The molecule has 0 aromatic heterocycles. The Morgan fingerprint density at radius 2 is 1.11 bits per heavy atom. The van der Waals surface area contributed by atoms with Gasteiger partial charge in [-0.15, -0.1) is 0 Å². The molecule has 1 fully saturated rings. The van der Waals surface area contributed by atoms with E-state index < -0.39 is 26.2 Å². The minimum absolute atomic E-state index is 0.0110. The first kappa shape index (κ1) is 26.9. The zero-order valence-electron chi connectivity index (χ0n) is 23.7. The summed E-state index contributed by atoms with van der Waals surface area (Å²) in [6.45, 7) is 15.3. The fraction of sp³-hybridized carbons (Fsp3) is 0.294. The van der Waals surface area contributed by atoms with Gasteiger partial charge >= 0.3 is 7.12 Å². The highest BCUT2D eigenvalue weighted by molar-refractivity contribution is 7.80. The molecule has 0 aliphatic carbocycles. The van der Waals surface area contributed by atoms with Gasteiger partial charge in [0.2, 0.25) is 0 Å². The van der Waals surface area contributed by atoms with E-state index in [1.165, 1.54) is 32.6 Å². The molecule has 1 heterocycles. The molecule has 5 rings (SSSR count). The first-order valence-electron chi connectivity index (χ1n) is 13.5. The van der Waals surface area contributed by atoms with Crippen LogP contribution in [0.3, 0.4) is 0 Å². The molecule has 4 aromatic carbocycles. The lowest BCUT2D eigenvalue weighted by molar-refractivity contribution is 0.00578. The first-order chi connectivity index (χ1) is 18.0. The third-order valence-corrected chi connectivity index (χ3v) is 10.4. The van der Waals surface area contributed by atoms with Gasteiger partial charge in [0, 0.05) is 0 Å². The molecule has 194 valence electrons. The Hall–Kier alpha value is -2.71. The lowest BCUT2D eigenvalue weighted by atomic mass is 9.71. The minimum Gasteiger partial charge on any atom is -0.399 e. The second kappa shape index (κ2) is 10.1. The van der Waals surface area contributed by atoms with Crippen LogP contribution in [0.5, 0.6) is 0 Å². The van der Waals surface area contributed by atoms with Gasteiger partial charge in [-0.05, 0) is 79.1 Å². The molecule has 1 aliphatic rings. The van der Waals surface area contributed by atoms with Gasteiger partial charge in [0.15, 0.2) is 0 Å². The van der Waals surface area contributed by atoms with Crippen LogP contribution in [-0.4, -0.2) is 18.3 Å². The first-order valence-corrected chi connectivity index (χ1v) is 14.8. The van der Waals surface area contributed by atoms with Crippen LogP contribution in [0.1, 0.15) is 54.0 Å². The number of hydrogen-bond donors (Lipinski definition) is 0. The van der Waals surface area contributed by atoms with Gasteiger partial charge in [-0.25, -0.2) is 0 Å². The maximum absolute atomic E-state index is 6.63. The third-order valence-electron chi connectivity index (χ3n) is 7.89. The van der Waals surface area contributed by atoms with E-state index in [1.807, 2.05) is 0 Å². The smallest absolute Gasteiger partial charge is 0.399 e. The molecule has 38 heavy (non-hydrogen) atoms. The van der Waals surface area contributed by atoms with Crippen LogP contribution in [-0.2, 0) is 14.7 Å². The molecule has 0 bridgehead atoms. The Labute approximate surface area is 230 Å². The summed E-state index contributed by atoms with van der Waals surface area (Å²) in [5.41, 5.74) is 3.97. The quantitative estimate of drug-likeness (QED) is 0.215. The standard InChI is InChI=1S/C34H38BO2P/c1-32(2,3)25-22-23-28(30(24-25)35-36-33(4,5)34(6,7)37-35)29-20-14-15-21-31(29)38(26-16-10-8-11-17-26)27-18-12-9-13-19-27/h8-24H,1-7H3. The van der Waals surface area contributed by atoms with Crippen molar-refractivity contribution < 1.29 is 9.31 Å². The SMILES string of the molecule is CC(C)(C)c1ccc(-c2ccccc2P(c2ccccc2)c2ccccc2)c(B2OC(C)(C)C(C)(C)O2)c1. The van der Waals surface area contributed by atoms with Crippen molar-refractivity contribution in [3.8, 4) is 11.1 Å². The monoisotopic (exact) mass is 520 g/mol. The van der Waals surface area contributed by atoms with Gasteiger partial charge in [-0.1, -0.05) is 124 Å². The van der Waals surface area contributed by atoms with Crippen molar-refractivity contribution in [1.82, 2.24) is 0 Å². The molecule has 2 nitrogen and oxygen atoms in total. The van der Waals surface area contributed by atoms with E-state index in [1.54, 1.807) is 0 Å². The average molecular weight is 520 g/mol. The van der Waals surface area contributed by atoms with E-state index in [2.05, 4.69) is 152 Å². The third kappa shape index (κ3) is 5.13. The van der Waals surface area contributed by atoms with Crippen LogP contribution in [0.15, 0.2) is 103 Å². The molecule has 1 saturated heterocycles. The normalized spacial score (nSPS) is 16.7. The summed E-state index contributed by atoms with van der Waals surface area (Å²) in [5.74, 6) is 0. The maximum Gasteiger partial charge on any atom is 0.495 e. The zero-order chi connectivity index (χ0) is 27.1. The number of hydrogen-bond acceptors (Lipinski definition) is 2. The summed E-state index contributed by atoms with van der Waals surface area (Å²) in [6, 6.07) is 37.5. The van der Waals surface area contributed by atoms with Crippen LogP contribution in [0.2, 0.25) is 0 Å². The summed E-state index contributed by atoms with van der Waals surface area (Å²) >= 11 is 0. The van der Waals surface area contributed by atoms with Crippen molar-refractivity contribution in [2.45, 2.75) is 65.1 Å². The van der Waals surface area contributed by atoms with E-state index in [0.29, 0.717) is 0 Å². The van der Waals surface area contributed by atoms with Crippen molar-refractivity contribution in [2.24, 2.45) is 0 Å². The molecule has 1 aliphatic heterocycles. The maximum atomic E-state index is 6.63. The van der Waals surface area contributed by atoms with Crippen LogP contribution >= 0.6 is 7.92 Å². The lowest BCUT2D eigenvalue weighted by Crippen LogP contribution is -2.41. The fourth-order valence-electron chi connectivity index (χ4n) is 4.92. The molecule has 4 heteroatoms. The van der Waals surface area contributed by atoms with Crippen molar-refractivity contribution in [3.05, 3.63) is 109 Å². The van der Waals surface area contributed by atoms with Gasteiger partial charge < -0.3 is 9.31 Å². The molecule has 0 radical (unpaired) electrons. The van der Waals surface area contributed by atoms with E-state index in [4.69, 9.17) is 9.31 Å². The van der Waals surface area contributed by atoms with Gasteiger partial charge in [-0.2, -0.15) is 0 Å². The molecule has 0 N–H and O–H groups in total. The van der Waals surface area contributed by atoms with Crippen molar-refractivity contribution >= 4 is 36.4 Å². The summed E-state index contributed by atoms with van der Waals surface area (Å²) in [4.78, 5) is 0. The Bertz CT molecular complexity index is 1350. The summed E-state index contributed by atoms with van der Waals surface area (Å²) < 4.78 is 13.3. The molecule has 4 aromatic rings. The predicted octanol–water partition coefficient (Wildman–Crippen LogP) is 6.71. The molecule has 0 atom stereocenters. The second-order valence-corrected chi connectivity index (χ2v) is 14.3. The van der Waals surface area contributed by atoms with Gasteiger partial charge in [0.25, 0.3) is 0 Å². The van der Waals surface area contributed by atoms with Gasteiger partial charge in [-0.3, -0.25) is 0 Å². The van der Waals surface area contributed by atoms with E-state index in [-0.39, 0.29) is 5.41 Å². The van der Waals surface area contributed by atoms with Gasteiger partial charge in [0.1, 0.15) is 0 Å². The highest BCUT2D eigenvalue weighted by Gasteiger charge is 2.52. The summed E-state index contributed by atoms with van der Waals surface area (Å²) in [6.07, 6.45) is 0. The zero-order valence-corrected chi connectivity index (χ0v) is 24.6. The summed E-state index contributed by atoms with van der Waals surface area (Å²) in [7, 11) is -1.20. The second-order valence-electron chi connectivity index (χ2n) is 12.2. The van der Waals surface area contributed by atoms with Crippen LogP contribution in [0.25, 0.3) is 11.1 Å². The van der Waals surface area contributed by atoms with E-state index in [9.17, 15) is 0 Å². The molecular formula is C34H38BO2P. The Morgan fingerprint density at radius 1 is 0.605 bits per heavy atom. The Morgan fingerprint density at radius 3 is 1.63 bits per heavy atom. The average Bonchev–Trinajstić information content (AvgIpc) is 3.11. The van der Waals surface area contributed by atoms with Crippen LogP contribution < -0.4 is 21.4 Å². The molecule has 0 amide bonds. The summed E-state index contributed by atoms with van der Waals surface area (Å²) in [5, 5.41) is 4.01. The number of rotatable bonds is 5. The van der Waals surface area contributed by atoms with Crippen molar-refractivity contribution in [1.29, 1.82) is 0 Å². The molecule has 0 spiro atoms. The Balaban J connectivity index is 1.73. The van der Waals surface area contributed by atoms with Crippen molar-refractivity contribution in [2.75, 3.05) is 0 Å². The van der Waals surface area contributed by atoms with Crippen LogP contribution in [0, 0.1) is 0 Å². The van der Waals surface area contributed by atoms with Crippen molar-refractivity contribution in [3.63, 3.8) is 0 Å². The van der Waals surface area contributed by atoms with E-state index in [0.717, 1.165) is 5.46 Å². The van der Waals surface area contributed by atoms with Gasteiger partial charge in [0.05, 0.1) is 11.2 Å². The molecule has 0 unspecified atom stereocenters. The predicted molar refractivity (Wildman–Crippen MR) is 165 cm³/mol. The topological polar surface area (TPSA) is 18.5 Å².